The third-order valence-electron chi connectivity index (χ3n) is 4.40. The van der Waals surface area contributed by atoms with Crippen LogP contribution in [-0.4, -0.2) is 18.1 Å². The molecule has 4 rings (SSSR count). The first-order valence-electron chi connectivity index (χ1n) is 8.39. The minimum atomic E-state index is -0.330. The standard InChI is InChI=1S/C23H17NO2/c1-26-23(25)18-9-6-16(7-10-18)8-12-19-13-14-21-20-5-3-2-4-17(20)11-15-22(21)24-19/h2-15H,1H3/b12-8+. The molecule has 1 aromatic heterocycles. The van der Waals surface area contributed by atoms with Crippen LogP contribution in [0.25, 0.3) is 33.8 Å². The van der Waals surface area contributed by atoms with Gasteiger partial charge in [-0.3, -0.25) is 0 Å². The number of carbonyl (C=O) groups excluding carboxylic acids is 1. The number of esters is 1. The van der Waals surface area contributed by atoms with Gasteiger partial charge in [-0.1, -0.05) is 54.6 Å². The Morgan fingerprint density at radius 3 is 2.46 bits per heavy atom. The van der Waals surface area contributed by atoms with Gasteiger partial charge >= 0.3 is 5.97 Å². The molecule has 0 aliphatic heterocycles. The summed E-state index contributed by atoms with van der Waals surface area (Å²) in [7, 11) is 1.38. The van der Waals surface area contributed by atoms with Crippen LogP contribution in [0.15, 0.2) is 72.8 Å². The summed E-state index contributed by atoms with van der Waals surface area (Å²) >= 11 is 0. The van der Waals surface area contributed by atoms with E-state index < -0.39 is 0 Å². The first-order chi connectivity index (χ1) is 12.7. The average molecular weight is 339 g/mol. The highest BCUT2D eigenvalue weighted by Gasteiger charge is 2.04. The van der Waals surface area contributed by atoms with Crippen molar-refractivity contribution in [2.75, 3.05) is 7.11 Å². The van der Waals surface area contributed by atoms with Gasteiger partial charge in [-0.2, -0.15) is 0 Å². The van der Waals surface area contributed by atoms with Gasteiger partial charge in [0.05, 0.1) is 23.9 Å². The summed E-state index contributed by atoms with van der Waals surface area (Å²) in [6.45, 7) is 0. The van der Waals surface area contributed by atoms with Crippen molar-refractivity contribution in [1.82, 2.24) is 4.98 Å². The zero-order chi connectivity index (χ0) is 17.9. The number of fused-ring (bicyclic) bond motifs is 3. The Balaban J connectivity index is 1.63. The van der Waals surface area contributed by atoms with Gasteiger partial charge in [0, 0.05) is 5.39 Å². The number of carbonyl (C=O) groups is 1. The molecule has 3 heteroatoms. The second-order valence-corrected chi connectivity index (χ2v) is 6.04. The van der Waals surface area contributed by atoms with Gasteiger partial charge in [-0.05, 0) is 46.7 Å². The number of aromatic nitrogens is 1. The van der Waals surface area contributed by atoms with Crippen molar-refractivity contribution >= 4 is 39.8 Å². The fourth-order valence-electron chi connectivity index (χ4n) is 3.02. The molecule has 26 heavy (non-hydrogen) atoms. The molecule has 0 N–H and O–H groups in total. The molecule has 126 valence electrons. The number of pyridine rings is 1. The maximum absolute atomic E-state index is 11.5. The van der Waals surface area contributed by atoms with Crippen molar-refractivity contribution in [2.45, 2.75) is 0 Å². The van der Waals surface area contributed by atoms with Crippen LogP contribution in [0.1, 0.15) is 21.6 Å². The van der Waals surface area contributed by atoms with Gasteiger partial charge < -0.3 is 4.74 Å². The van der Waals surface area contributed by atoms with Crippen LogP contribution in [0.5, 0.6) is 0 Å². The minimum Gasteiger partial charge on any atom is -0.465 e. The molecule has 4 aromatic rings. The Bertz CT molecular complexity index is 1130. The molecule has 0 aliphatic rings. The fourth-order valence-corrected chi connectivity index (χ4v) is 3.02. The Hall–Kier alpha value is -3.46. The predicted octanol–water partition coefficient (Wildman–Crippen LogP) is 5.35. The summed E-state index contributed by atoms with van der Waals surface area (Å²) in [6, 6.07) is 23.9. The van der Waals surface area contributed by atoms with Gasteiger partial charge in [0.25, 0.3) is 0 Å². The van der Waals surface area contributed by atoms with Crippen molar-refractivity contribution in [2.24, 2.45) is 0 Å². The van der Waals surface area contributed by atoms with Crippen molar-refractivity contribution in [1.29, 1.82) is 0 Å². The number of hydrogen-bond acceptors (Lipinski definition) is 3. The fraction of sp³-hybridized carbons (Fsp3) is 0.0435. The first-order valence-corrected chi connectivity index (χ1v) is 8.39. The SMILES string of the molecule is COC(=O)c1ccc(/C=C/c2ccc3c(ccc4ccccc43)n2)cc1. The molecular weight excluding hydrogens is 322 g/mol. The van der Waals surface area contributed by atoms with E-state index in [1.165, 1.54) is 17.9 Å². The molecule has 0 amide bonds. The van der Waals surface area contributed by atoms with Gasteiger partial charge in [0.15, 0.2) is 0 Å². The van der Waals surface area contributed by atoms with Crippen molar-refractivity contribution in [3.8, 4) is 0 Å². The summed E-state index contributed by atoms with van der Waals surface area (Å²) in [6.07, 6.45) is 3.96. The number of benzene rings is 3. The lowest BCUT2D eigenvalue weighted by atomic mass is 10.0. The molecule has 0 aliphatic carbocycles. The highest BCUT2D eigenvalue weighted by Crippen LogP contribution is 2.24. The van der Waals surface area contributed by atoms with E-state index >= 15 is 0 Å². The lowest BCUT2D eigenvalue weighted by Gasteiger charge is -2.04. The van der Waals surface area contributed by atoms with E-state index in [0.717, 1.165) is 22.2 Å². The van der Waals surface area contributed by atoms with Crippen LogP contribution < -0.4 is 0 Å². The molecule has 0 fully saturated rings. The summed E-state index contributed by atoms with van der Waals surface area (Å²) in [4.78, 5) is 16.2. The second kappa shape index (κ2) is 6.81. The maximum Gasteiger partial charge on any atom is 0.337 e. The quantitative estimate of drug-likeness (QED) is 0.373. The molecule has 0 spiro atoms. The second-order valence-electron chi connectivity index (χ2n) is 6.04. The third-order valence-corrected chi connectivity index (χ3v) is 4.40. The van der Waals surface area contributed by atoms with Gasteiger partial charge in [-0.15, -0.1) is 0 Å². The van der Waals surface area contributed by atoms with Crippen molar-refractivity contribution < 1.29 is 9.53 Å². The first kappa shape index (κ1) is 16.0. The number of rotatable bonds is 3. The molecule has 0 atom stereocenters. The third kappa shape index (κ3) is 3.07. The zero-order valence-corrected chi connectivity index (χ0v) is 14.3. The highest BCUT2D eigenvalue weighted by atomic mass is 16.5. The lowest BCUT2D eigenvalue weighted by Crippen LogP contribution is -2.00. The van der Waals surface area contributed by atoms with Gasteiger partial charge in [-0.25, -0.2) is 9.78 Å². The summed E-state index contributed by atoms with van der Waals surface area (Å²) < 4.78 is 4.71. The Labute approximate surface area is 151 Å². The van der Waals surface area contributed by atoms with E-state index in [9.17, 15) is 4.79 Å². The average Bonchev–Trinajstić information content (AvgIpc) is 2.71. The minimum absolute atomic E-state index is 0.330. The Morgan fingerprint density at radius 1 is 0.846 bits per heavy atom. The summed E-state index contributed by atoms with van der Waals surface area (Å²) in [5.74, 6) is -0.330. The van der Waals surface area contributed by atoms with Crippen LogP contribution in [0.3, 0.4) is 0 Å². The number of ether oxygens (including phenoxy) is 1. The largest absolute Gasteiger partial charge is 0.465 e. The van der Waals surface area contributed by atoms with Crippen LogP contribution in [0.2, 0.25) is 0 Å². The predicted molar refractivity (Wildman–Crippen MR) is 106 cm³/mol. The van der Waals surface area contributed by atoms with Crippen molar-refractivity contribution in [3.63, 3.8) is 0 Å². The molecule has 3 nitrogen and oxygen atoms in total. The molecule has 0 bridgehead atoms. The van der Waals surface area contributed by atoms with E-state index in [0.29, 0.717) is 5.56 Å². The maximum atomic E-state index is 11.5. The van der Waals surface area contributed by atoms with Gasteiger partial charge in [0.1, 0.15) is 0 Å². The lowest BCUT2D eigenvalue weighted by molar-refractivity contribution is 0.0600. The molecule has 0 saturated carbocycles. The van der Waals surface area contributed by atoms with E-state index in [2.05, 4.69) is 30.3 Å². The van der Waals surface area contributed by atoms with Crippen LogP contribution in [0, 0.1) is 0 Å². The molecule has 1 heterocycles. The topological polar surface area (TPSA) is 39.2 Å². The molecule has 0 unspecified atom stereocenters. The highest BCUT2D eigenvalue weighted by molar-refractivity contribution is 6.06. The molecule has 0 radical (unpaired) electrons. The molecule has 0 saturated heterocycles. The summed E-state index contributed by atoms with van der Waals surface area (Å²) in [5.41, 5.74) is 3.41. The van der Waals surface area contributed by atoms with Crippen LogP contribution in [0.4, 0.5) is 0 Å². The van der Waals surface area contributed by atoms with Crippen LogP contribution in [-0.2, 0) is 4.74 Å². The number of hydrogen-bond donors (Lipinski definition) is 0. The van der Waals surface area contributed by atoms with Gasteiger partial charge in [0.2, 0.25) is 0 Å². The monoisotopic (exact) mass is 339 g/mol. The Morgan fingerprint density at radius 2 is 1.65 bits per heavy atom. The van der Waals surface area contributed by atoms with E-state index in [1.807, 2.05) is 42.5 Å². The normalized spacial score (nSPS) is 11.3. The molecular formula is C23H17NO2. The smallest absolute Gasteiger partial charge is 0.337 e. The number of methoxy groups -OCH3 is 1. The van der Waals surface area contributed by atoms with E-state index in [-0.39, 0.29) is 5.97 Å². The van der Waals surface area contributed by atoms with E-state index in [4.69, 9.17) is 9.72 Å². The Kier molecular flexibility index (Phi) is 4.20. The van der Waals surface area contributed by atoms with E-state index in [1.54, 1.807) is 12.1 Å². The molecule has 3 aromatic carbocycles. The number of nitrogens with zero attached hydrogens (tertiary/aromatic N) is 1. The van der Waals surface area contributed by atoms with Crippen LogP contribution >= 0.6 is 0 Å². The zero-order valence-electron chi connectivity index (χ0n) is 14.3. The van der Waals surface area contributed by atoms with Crippen molar-refractivity contribution in [3.05, 3.63) is 89.6 Å². The summed E-state index contributed by atoms with van der Waals surface area (Å²) in [5, 5.41) is 3.59.